The minimum absolute atomic E-state index is 0.198. The second-order valence-electron chi connectivity index (χ2n) is 3.73. The van der Waals surface area contributed by atoms with E-state index in [1.807, 2.05) is 0 Å². The van der Waals surface area contributed by atoms with Gasteiger partial charge in [0, 0.05) is 6.07 Å². The van der Waals surface area contributed by atoms with E-state index in [1.165, 1.54) is 13.2 Å². The highest BCUT2D eigenvalue weighted by Crippen LogP contribution is 2.24. The standard InChI is InChI=1S/C13H9F2NO3S/c1-19-13(18)11-10(4-5-20-11)16-12(17)8-3-2-7(14)6-9(8)15/h2-6H,1H3,(H,16,17). The molecular weight excluding hydrogens is 288 g/mol. The van der Waals surface area contributed by atoms with Crippen LogP contribution in [0.25, 0.3) is 0 Å². The van der Waals surface area contributed by atoms with Crippen LogP contribution in [0.4, 0.5) is 14.5 Å². The summed E-state index contributed by atoms with van der Waals surface area (Å²) < 4.78 is 30.8. The molecule has 0 aliphatic carbocycles. The van der Waals surface area contributed by atoms with Gasteiger partial charge in [-0.25, -0.2) is 13.6 Å². The van der Waals surface area contributed by atoms with Gasteiger partial charge >= 0.3 is 5.97 Å². The molecule has 1 amide bonds. The molecule has 0 atom stereocenters. The molecule has 0 aliphatic heterocycles. The minimum Gasteiger partial charge on any atom is -0.465 e. The monoisotopic (exact) mass is 297 g/mol. The Morgan fingerprint density at radius 2 is 2.00 bits per heavy atom. The highest BCUT2D eigenvalue weighted by molar-refractivity contribution is 7.12. The van der Waals surface area contributed by atoms with Crippen LogP contribution in [0.2, 0.25) is 0 Å². The van der Waals surface area contributed by atoms with Crippen molar-refractivity contribution < 1.29 is 23.1 Å². The van der Waals surface area contributed by atoms with Crippen LogP contribution in [0.5, 0.6) is 0 Å². The summed E-state index contributed by atoms with van der Waals surface area (Å²) in [7, 11) is 1.22. The Bertz CT molecular complexity index is 669. The predicted molar refractivity (Wildman–Crippen MR) is 70.0 cm³/mol. The van der Waals surface area contributed by atoms with Crippen LogP contribution in [0, 0.1) is 11.6 Å². The molecule has 2 aromatic rings. The zero-order valence-electron chi connectivity index (χ0n) is 10.3. The SMILES string of the molecule is COC(=O)c1sccc1NC(=O)c1ccc(F)cc1F. The Morgan fingerprint density at radius 3 is 2.65 bits per heavy atom. The molecular formula is C13H9F2NO3S. The Kier molecular flexibility index (Phi) is 4.09. The number of rotatable bonds is 3. The van der Waals surface area contributed by atoms with E-state index >= 15 is 0 Å². The highest BCUT2D eigenvalue weighted by Gasteiger charge is 2.18. The lowest BCUT2D eigenvalue weighted by Gasteiger charge is -2.06. The second kappa shape index (κ2) is 5.79. The van der Waals surface area contributed by atoms with Crippen molar-refractivity contribution in [2.24, 2.45) is 0 Å². The Hall–Kier alpha value is -2.28. The van der Waals surface area contributed by atoms with Crippen LogP contribution >= 0.6 is 11.3 Å². The number of esters is 1. The molecule has 0 saturated carbocycles. The topological polar surface area (TPSA) is 55.4 Å². The Labute approximate surface area is 117 Å². The number of nitrogens with one attached hydrogen (secondary N) is 1. The third-order valence-corrected chi connectivity index (χ3v) is 3.35. The molecule has 4 nitrogen and oxygen atoms in total. The molecule has 1 N–H and O–H groups in total. The lowest BCUT2D eigenvalue weighted by atomic mass is 10.2. The fraction of sp³-hybridized carbons (Fsp3) is 0.0769. The summed E-state index contributed by atoms with van der Waals surface area (Å²) in [6.07, 6.45) is 0. The number of halogens is 2. The molecule has 0 aliphatic rings. The van der Waals surface area contributed by atoms with Gasteiger partial charge in [0.1, 0.15) is 16.5 Å². The van der Waals surface area contributed by atoms with E-state index in [1.54, 1.807) is 5.38 Å². The number of benzene rings is 1. The summed E-state index contributed by atoms with van der Waals surface area (Å²) in [4.78, 5) is 23.5. The minimum atomic E-state index is -0.975. The maximum absolute atomic E-state index is 13.5. The number of amides is 1. The lowest BCUT2D eigenvalue weighted by Crippen LogP contribution is -2.15. The summed E-state index contributed by atoms with van der Waals surface area (Å²) >= 11 is 1.08. The summed E-state index contributed by atoms with van der Waals surface area (Å²) in [5.74, 6) is -3.12. The van der Waals surface area contributed by atoms with E-state index in [-0.39, 0.29) is 16.1 Å². The predicted octanol–water partition coefficient (Wildman–Crippen LogP) is 3.07. The van der Waals surface area contributed by atoms with Crippen LogP contribution in [0.1, 0.15) is 20.0 Å². The number of carbonyl (C=O) groups is 2. The second-order valence-corrected chi connectivity index (χ2v) is 4.65. The summed E-state index contributed by atoms with van der Waals surface area (Å²) in [6, 6.07) is 4.12. The van der Waals surface area contributed by atoms with Crippen molar-refractivity contribution in [2.75, 3.05) is 12.4 Å². The molecule has 104 valence electrons. The molecule has 7 heteroatoms. The average molecular weight is 297 g/mol. The molecule has 0 unspecified atom stereocenters. The molecule has 1 aromatic carbocycles. The number of anilines is 1. The Balaban J connectivity index is 2.24. The first kappa shape index (κ1) is 14.1. The average Bonchev–Trinajstić information content (AvgIpc) is 2.85. The van der Waals surface area contributed by atoms with E-state index in [9.17, 15) is 18.4 Å². The van der Waals surface area contributed by atoms with Gasteiger partial charge in [0.05, 0.1) is 18.4 Å². The number of hydrogen-bond donors (Lipinski definition) is 1. The van der Waals surface area contributed by atoms with E-state index in [0.29, 0.717) is 6.07 Å². The molecule has 0 fully saturated rings. The van der Waals surface area contributed by atoms with Crippen LogP contribution in [0.15, 0.2) is 29.6 Å². The fourth-order valence-corrected chi connectivity index (χ4v) is 2.29. The van der Waals surface area contributed by atoms with Crippen LogP contribution in [0.3, 0.4) is 0 Å². The molecule has 1 aromatic heterocycles. The summed E-state index contributed by atoms with van der Waals surface area (Å²) in [6.45, 7) is 0. The summed E-state index contributed by atoms with van der Waals surface area (Å²) in [5, 5.41) is 3.98. The van der Waals surface area contributed by atoms with Gasteiger partial charge in [0.2, 0.25) is 0 Å². The summed E-state index contributed by atoms with van der Waals surface area (Å²) in [5.41, 5.74) is -0.0935. The third-order valence-electron chi connectivity index (χ3n) is 2.46. The van der Waals surface area contributed by atoms with E-state index in [4.69, 9.17) is 0 Å². The number of carbonyl (C=O) groups excluding carboxylic acids is 2. The molecule has 0 saturated heterocycles. The van der Waals surface area contributed by atoms with Crippen molar-refractivity contribution in [3.05, 3.63) is 51.7 Å². The van der Waals surface area contributed by atoms with Crippen molar-refractivity contribution in [3.8, 4) is 0 Å². The van der Waals surface area contributed by atoms with E-state index < -0.39 is 23.5 Å². The largest absolute Gasteiger partial charge is 0.465 e. The quantitative estimate of drug-likeness (QED) is 0.886. The first-order valence-corrected chi connectivity index (χ1v) is 6.33. The van der Waals surface area contributed by atoms with Crippen LogP contribution < -0.4 is 5.32 Å². The molecule has 0 bridgehead atoms. The van der Waals surface area contributed by atoms with Gasteiger partial charge in [-0.15, -0.1) is 11.3 Å². The Morgan fingerprint density at radius 1 is 1.25 bits per heavy atom. The zero-order chi connectivity index (χ0) is 14.7. The van der Waals surface area contributed by atoms with Crippen molar-refractivity contribution in [1.29, 1.82) is 0 Å². The lowest BCUT2D eigenvalue weighted by molar-refractivity contribution is 0.0607. The van der Waals surface area contributed by atoms with Gasteiger partial charge < -0.3 is 10.1 Å². The van der Waals surface area contributed by atoms with Gasteiger partial charge in [-0.05, 0) is 23.6 Å². The maximum atomic E-state index is 13.5. The number of ether oxygens (including phenoxy) is 1. The van der Waals surface area contributed by atoms with Gasteiger partial charge in [-0.2, -0.15) is 0 Å². The van der Waals surface area contributed by atoms with Crippen LogP contribution in [-0.4, -0.2) is 19.0 Å². The van der Waals surface area contributed by atoms with Gasteiger partial charge in [0.25, 0.3) is 5.91 Å². The van der Waals surface area contributed by atoms with Crippen molar-refractivity contribution in [3.63, 3.8) is 0 Å². The van der Waals surface area contributed by atoms with Crippen molar-refractivity contribution in [1.82, 2.24) is 0 Å². The normalized spacial score (nSPS) is 10.2. The number of thiophene rings is 1. The number of hydrogen-bond acceptors (Lipinski definition) is 4. The smallest absolute Gasteiger partial charge is 0.350 e. The molecule has 0 spiro atoms. The van der Waals surface area contributed by atoms with Crippen molar-refractivity contribution in [2.45, 2.75) is 0 Å². The van der Waals surface area contributed by atoms with E-state index in [0.717, 1.165) is 23.5 Å². The first-order chi connectivity index (χ1) is 9.52. The van der Waals surface area contributed by atoms with Gasteiger partial charge in [-0.3, -0.25) is 4.79 Å². The molecule has 0 radical (unpaired) electrons. The molecule has 1 heterocycles. The van der Waals surface area contributed by atoms with Crippen molar-refractivity contribution >= 4 is 28.9 Å². The van der Waals surface area contributed by atoms with Crippen LogP contribution in [-0.2, 0) is 4.74 Å². The zero-order valence-corrected chi connectivity index (χ0v) is 11.1. The first-order valence-electron chi connectivity index (χ1n) is 5.45. The van der Waals surface area contributed by atoms with E-state index in [2.05, 4.69) is 10.1 Å². The van der Waals surface area contributed by atoms with Gasteiger partial charge in [-0.1, -0.05) is 0 Å². The van der Waals surface area contributed by atoms with Gasteiger partial charge in [0.15, 0.2) is 0 Å². The molecule has 2 rings (SSSR count). The fourth-order valence-electron chi connectivity index (χ4n) is 1.52. The number of methoxy groups -OCH3 is 1. The third kappa shape index (κ3) is 2.83. The highest BCUT2D eigenvalue weighted by atomic mass is 32.1. The maximum Gasteiger partial charge on any atom is 0.350 e. The molecule has 20 heavy (non-hydrogen) atoms.